The van der Waals surface area contributed by atoms with Gasteiger partial charge in [-0.1, -0.05) is 15.9 Å². The van der Waals surface area contributed by atoms with Gasteiger partial charge in [-0.05, 0) is 30.2 Å². The number of aliphatic hydroxyl groups is 1. The van der Waals surface area contributed by atoms with Crippen LogP contribution in [0.25, 0.3) is 0 Å². The molecule has 1 aromatic rings. The number of nitrogens with two attached hydrogens (primary N) is 1. The Hall–Kier alpha value is -0.290. The number of halogens is 2. The molecule has 84 valence electrons. The fraction of sp³-hybridized carbons (Fsp3) is 0.400. The van der Waals surface area contributed by atoms with Gasteiger partial charge in [0.25, 0.3) is 0 Å². The molecule has 1 aliphatic rings. The van der Waals surface area contributed by atoms with E-state index in [1.165, 1.54) is 5.56 Å². The lowest BCUT2D eigenvalue weighted by Crippen LogP contribution is -2.37. The number of hydrogen-bond donors (Lipinski definition) is 3. The molecule has 0 aromatic heterocycles. The second-order valence-electron chi connectivity index (χ2n) is 3.56. The Morgan fingerprint density at radius 1 is 1.60 bits per heavy atom. The lowest BCUT2D eigenvalue weighted by atomic mass is 10.1. The van der Waals surface area contributed by atoms with Gasteiger partial charge in [-0.2, -0.15) is 0 Å². The zero-order chi connectivity index (χ0) is 10.1. The quantitative estimate of drug-likeness (QED) is 0.775. The van der Waals surface area contributed by atoms with Gasteiger partial charge >= 0.3 is 0 Å². The molecule has 2 unspecified atom stereocenters. The van der Waals surface area contributed by atoms with E-state index >= 15 is 0 Å². The summed E-state index contributed by atoms with van der Waals surface area (Å²) < 4.78 is 1.07. The molecule has 1 aromatic carbocycles. The second-order valence-corrected chi connectivity index (χ2v) is 4.48. The normalized spacial score (nSPS) is 20.1. The van der Waals surface area contributed by atoms with Crippen molar-refractivity contribution in [1.29, 1.82) is 0 Å². The minimum absolute atomic E-state index is 0. The van der Waals surface area contributed by atoms with Gasteiger partial charge in [0.05, 0.1) is 12.1 Å². The smallest absolute Gasteiger partial charge is 0.0866 e. The molecule has 0 saturated carbocycles. The SMILES string of the molecule is Cl.NCC(O)C1Cc2cc(Br)ccc2N1. The average Bonchev–Trinajstić information content (AvgIpc) is 2.59. The summed E-state index contributed by atoms with van der Waals surface area (Å²) in [5, 5.41) is 12.9. The molecule has 4 N–H and O–H groups in total. The van der Waals surface area contributed by atoms with Gasteiger partial charge in [-0.25, -0.2) is 0 Å². The summed E-state index contributed by atoms with van der Waals surface area (Å²) in [6.07, 6.45) is 0.369. The summed E-state index contributed by atoms with van der Waals surface area (Å²) in [4.78, 5) is 0. The third kappa shape index (κ3) is 2.64. The Bertz CT molecular complexity index is 348. The van der Waals surface area contributed by atoms with E-state index in [2.05, 4.69) is 27.3 Å². The highest BCUT2D eigenvalue weighted by Gasteiger charge is 2.25. The molecule has 15 heavy (non-hydrogen) atoms. The minimum atomic E-state index is -0.471. The number of nitrogens with one attached hydrogen (secondary N) is 1. The van der Waals surface area contributed by atoms with Crippen molar-refractivity contribution in [1.82, 2.24) is 0 Å². The zero-order valence-corrected chi connectivity index (χ0v) is 10.5. The molecule has 1 aliphatic heterocycles. The van der Waals surface area contributed by atoms with Crippen molar-refractivity contribution in [3.63, 3.8) is 0 Å². The number of aliphatic hydroxyl groups excluding tert-OH is 1. The van der Waals surface area contributed by atoms with E-state index in [0.717, 1.165) is 16.6 Å². The molecule has 0 bridgehead atoms. The maximum Gasteiger partial charge on any atom is 0.0866 e. The summed E-state index contributed by atoms with van der Waals surface area (Å²) in [6, 6.07) is 6.14. The molecular weight excluding hydrogens is 279 g/mol. The number of fused-ring (bicyclic) bond motifs is 1. The highest BCUT2D eigenvalue weighted by Crippen LogP contribution is 2.29. The predicted octanol–water partition coefficient (Wildman–Crippen LogP) is 1.53. The van der Waals surface area contributed by atoms with Crippen LogP contribution in [0.2, 0.25) is 0 Å². The van der Waals surface area contributed by atoms with Gasteiger partial charge in [0.15, 0.2) is 0 Å². The number of rotatable bonds is 2. The number of hydrogen-bond acceptors (Lipinski definition) is 3. The van der Waals surface area contributed by atoms with Crippen molar-refractivity contribution < 1.29 is 5.11 Å². The first-order chi connectivity index (χ1) is 6.70. The molecule has 0 amide bonds. The Kier molecular flexibility index (Phi) is 4.40. The van der Waals surface area contributed by atoms with E-state index in [-0.39, 0.29) is 18.4 Å². The van der Waals surface area contributed by atoms with E-state index in [9.17, 15) is 5.11 Å². The molecule has 0 fully saturated rings. The standard InChI is InChI=1S/C10H13BrN2O.ClH/c11-7-1-2-8-6(3-7)4-9(13-8)10(14)5-12;/h1-3,9-10,13-14H,4-5,12H2;1H. The predicted molar refractivity (Wildman–Crippen MR) is 67.6 cm³/mol. The van der Waals surface area contributed by atoms with Crippen molar-refractivity contribution >= 4 is 34.0 Å². The van der Waals surface area contributed by atoms with Crippen LogP contribution in [0, 0.1) is 0 Å². The highest BCUT2D eigenvalue weighted by atomic mass is 79.9. The molecule has 0 radical (unpaired) electrons. The third-order valence-electron chi connectivity index (χ3n) is 2.55. The van der Waals surface area contributed by atoms with E-state index in [1.807, 2.05) is 12.1 Å². The monoisotopic (exact) mass is 292 g/mol. The summed E-state index contributed by atoms with van der Waals surface area (Å²) >= 11 is 3.42. The zero-order valence-electron chi connectivity index (χ0n) is 8.11. The molecule has 0 spiro atoms. The van der Waals surface area contributed by atoms with Crippen LogP contribution in [0.3, 0.4) is 0 Å². The third-order valence-corrected chi connectivity index (χ3v) is 3.05. The van der Waals surface area contributed by atoms with E-state index in [4.69, 9.17) is 5.73 Å². The fourth-order valence-corrected chi connectivity index (χ4v) is 2.16. The molecule has 0 aliphatic carbocycles. The number of benzene rings is 1. The number of anilines is 1. The van der Waals surface area contributed by atoms with Gasteiger partial charge in [0.1, 0.15) is 0 Å². The topological polar surface area (TPSA) is 58.3 Å². The van der Waals surface area contributed by atoms with E-state index in [1.54, 1.807) is 0 Å². The Balaban J connectivity index is 0.00000112. The van der Waals surface area contributed by atoms with Gasteiger partial charge in [-0.15, -0.1) is 12.4 Å². The van der Waals surface area contributed by atoms with Crippen LogP contribution in [-0.4, -0.2) is 23.8 Å². The molecule has 0 saturated heterocycles. The van der Waals surface area contributed by atoms with Crippen LogP contribution >= 0.6 is 28.3 Å². The fourth-order valence-electron chi connectivity index (χ4n) is 1.76. The van der Waals surface area contributed by atoms with Crippen LogP contribution in [0.5, 0.6) is 0 Å². The first kappa shape index (κ1) is 12.8. The Morgan fingerprint density at radius 2 is 2.33 bits per heavy atom. The maximum absolute atomic E-state index is 9.60. The highest BCUT2D eigenvalue weighted by molar-refractivity contribution is 9.10. The lowest BCUT2D eigenvalue weighted by Gasteiger charge is -2.16. The average molecular weight is 294 g/mol. The lowest BCUT2D eigenvalue weighted by molar-refractivity contribution is 0.162. The van der Waals surface area contributed by atoms with Gasteiger partial charge in [-0.3, -0.25) is 0 Å². The maximum atomic E-state index is 9.60. The van der Waals surface area contributed by atoms with Crippen molar-refractivity contribution in [3.05, 3.63) is 28.2 Å². The van der Waals surface area contributed by atoms with Crippen molar-refractivity contribution in [3.8, 4) is 0 Å². The summed E-state index contributed by atoms with van der Waals surface area (Å²) in [5.41, 5.74) is 7.75. The van der Waals surface area contributed by atoms with E-state index < -0.39 is 6.10 Å². The Labute approximate surface area is 104 Å². The van der Waals surface area contributed by atoms with Gasteiger partial charge in [0.2, 0.25) is 0 Å². The van der Waals surface area contributed by atoms with Crippen LogP contribution in [0.15, 0.2) is 22.7 Å². The largest absolute Gasteiger partial charge is 0.390 e. The minimum Gasteiger partial charge on any atom is -0.390 e. The van der Waals surface area contributed by atoms with Gasteiger partial charge in [0, 0.05) is 16.7 Å². The molecule has 2 rings (SSSR count). The Morgan fingerprint density at radius 3 is 3.00 bits per heavy atom. The molecule has 3 nitrogen and oxygen atoms in total. The molecule has 1 heterocycles. The van der Waals surface area contributed by atoms with Crippen LogP contribution in [0.4, 0.5) is 5.69 Å². The van der Waals surface area contributed by atoms with Crippen molar-refractivity contribution in [2.24, 2.45) is 5.73 Å². The first-order valence-corrected chi connectivity index (χ1v) is 5.43. The van der Waals surface area contributed by atoms with Crippen LogP contribution < -0.4 is 11.1 Å². The first-order valence-electron chi connectivity index (χ1n) is 4.64. The van der Waals surface area contributed by atoms with Crippen LogP contribution in [-0.2, 0) is 6.42 Å². The van der Waals surface area contributed by atoms with Crippen LogP contribution in [0.1, 0.15) is 5.56 Å². The van der Waals surface area contributed by atoms with Crippen molar-refractivity contribution in [2.75, 3.05) is 11.9 Å². The molecular formula is C10H14BrClN2O. The summed E-state index contributed by atoms with van der Waals surface area (Å²) in [5.74, 6) is 0. The second kappa shape index (κ2) is 5.16. The van der Waals surface area contributed by atoms with Gasteiger partial charge < -0.3 is 16.2 Å². The van der Waals surface area contributed by atoms with Crippen molar-refractivity contribution in [2.45, 2.75) is 18.6 Å². The molecule has 2 atom stereocenters. The summed E-state index contributed by atoms with van der Waals surface area (Å²) in [7, 11) is 0. The molecule has 5 heteroatoms. The van der Waals surface area contributed by atoms with E-state index in [0.29, 0.717) is 6.54 Å². The summed E-state index contributed by atoms with van der Waals surface area (Å²) in [6.45, 7) is 0.298.